The van der Waals surface area contributed by atoms with E-state index in [0.29, 0.717) is 5.41 Å². The SMILES string of the molecule is CCCCCCC(CCCSC)(CCCSC)CCCSC. The van der Waals surface area contributed by atoms with E-state index in [1.807, 2.05) is 35.3 Å². The van der Waals surface area contributed by atoms with Gasteiger partial charge in [0.2, 0.25) is 0 Å². The maximum absolute atomic E-state index is 2.32. The van der Waals surface area contributed by atoms with E-state index in [0.717, 1.165) is 0 Å². The van der Waals surface area contributed by atoms with E-state index in [1.54, 1.807) is 0 Å². The van der Waals surface area contributed by atoms with E-state index < -0.39 is 0 Å². The summed E-state index contributed by atoms with van der Waals surface area (Å²) in [5.74, 6) is 4.05. The molecule has 0 saturated heterocycles. The lowest BCUT2D eigenvalue weighted by Crippen LogP contribution is -2.22. The monoisotopic (exact) mass is 364 g/mol. The van der Waals surface area contributed by atoms with Crippen LogP contribution < -0.4 is 0 Å². The average molecular weight is 365 g/mol. The highest BCUT2D eigenvalue weighted by Gasteiger charge is 2.28. The molecule has 0 spiro atoms. The van der Waals surface area contributed by atoms with Crippen LogP contribution in [0.15, 0.2) is 0 Å². The molecule has 3 heteroatoms. The van der Waals surface area contributed by atoms with Gasteiger partial charge < -0.3 is 0 Å². The minimum Gasteiger partial charge on any atom is -0.165 e. The summed E-state index contributed by atoms with van der Waals surface area (Å²) in [4.78, 5) is 0. The Kier molecular flexibility index (Phi) is 17.7. The van der Waals surface area contributed by atoms with Gasteiger partial charge in [0.1, 0.15) is 0 Å². The Labute approximate surface area is 154 Å². The largest absolute Gasteiger partial charge is 0.165 e. The highest BCUT2D eigenvalue weighted by atomic mass is 32.2. The van der Waals surface area contributed by atoms with Crippen LogP contribution in [0, 0.1) is 5.41 Å². The van der Waals surface area contributed by atoms with Crippen LogP contribution in [0.3, 0.4) is 0 Å². The molecule has 0 amide bonds. The van der Waals surface area contributed by atoms with Gasteiger partial charge in [0, 0.05) is 0 Å². The van der Waals surface area contributed by atoms with Gasteiger partial charge in [-0.05, 0) is 86.4 Å². The van der Waals surface area contributed by atoms with Crippen LogP contribution in [0.4, 0.5) is 0 Å². The van der Waals surface area contributed by atoms with Crippen LogP contribution in [-0.4, -0.2) is 36.0 Å². The first-order valence-corrected chi connectivity index (χ1v) is 13.4. The van der Waals surface area contributed by atoms with E-state index >= 15 is 0 Å². The van der Waals surface area contributed by atoms with Gasteiger partial charge in [-0.15, -0.1) is 0 Å². The number of rotatable bonds is 17. The minimum atomic E-state index is 0.662. The van der Waals surface area contributed by atoms with Crippen LogP contribution in [0.25, 0.3) is 0 Å². The molecule has 0 atom stereocenters. The van der Waals surface area contributed by atoms with E-state index in [2.05, 4.69) is 25.7 Å². The summed E-state index contributed by atoms with van der Waals surface area (Å²) in [5.41, 5.74) is 0.662. The maximum atomic E-state index is 2.32. The smallest absolute Gasteiger partial charge is 0.00701 e. The van der Waals surface area contributed by atoms with Crippen LogP contribution in [0.2, 0.25) is 0 Å². The molecular weight excluding hydrogens is 324 g/mol. The maximum Gasteiger partial charge on any atom is -0.00701 e. The molecule has 0 aromatic carbocycles. The van der Waals surface area contributed by atoms with Crippen molar-refractivity contribution >= 4 is 35.3 Å². The van der Waals surface area contributed by atoms with E-state index in [4.69, 9.17) is 0 Å². The molecule has 0 aromatic rings. The molecule has 0 saturated carbocycles. The fourth-order valence-electron chi connectivity index (χ4n) is 3.45. The Morgan fingerprint density at radius 1 is 0.545 bits per heavy atom. The summed E-state index contributed by atoms with van der Waals surface area (Å²) in [6.45, 7) is 2.32. The lowest BCUT2D eigenvalue weighted by atomic mass is 9.72. The van der Waals surface area contributed by atoms with E-state index in [1.165, 1.54) is 87.9 Å². The molecule has 0 radical (unpaired) electrons. The quantitative estimate of drug-likeness (QED) is 0.247. The Morgan fingerprint density at radius 2 is 0.955 bits per heavy atom. The zero-order chi connectivity index (χ0) is 16.5. The summed E-state index contributed by atoms with van der Waals surface area (Å²) in [7, 11) is 0. The van der Waals surface area contributed by atoms with E-state index in [9.17, 15) is 0 Å². The van der Waals surface area contributed by atoms with Crippen LogP contribution >= 0.6 is 35.3 Å². The third-order valence-electron chi connectivity index (χ3n) is 4.73. The Morgan fingerprint density at radius 3 is 1.32 bits per heavy atom. The van der Waals surface area contributed by atoms with Crippen molar-refractivity contribution in [2.45, 2.75) is 77.6 Å². The van der Waals surface area contributed by atoms with Crippen molar-refractivity contribution in [3.05, 3.63) is 0 Å². The van der Waals surface area contributed by atoms with Gasteiger partial charge in [-0.1, -0.05) is 32.6 Å². The van der Waals surface area contributed by atoms with Gasteiger partial charge in [0.05, 0.1) is 0 Å². The zero-order valence-corrected chi connectivity index (χ0v) is 18.1. The van der Waals surface area contributed by atoms with Crippen LogP contribution in [0.5, 0.6) is 0 Å². The number of thioether (sulfide) groups is 3. The Bertz CT molecular complexity index is 192. The molecule has 0 unspecified atom stereocenters. The first kappa shape index (κ1) is 23.1. The molecule has 134 valence electrons. The van der Waals surface area contributed by atoms with Gasteiger partial charge in [-0.2, -0.15) is 35.3 Å². The molecule has 0 fully saturated rings. The van der Waals surface area contributed by atoms with Gasteiger partial charge in [-0.3, -0.25) is 0 Å². The number of hydrogen-bond donors (Lipinski definition) is 0. The Hall–Kier alpha value is 1.05. The molecule has 0 heterocycles. The van der Waals surface area contributed by atoms with Crippen LogP contribution in [0.1, 0.15) is 77.6 Å². The first-order chi connectivity index (χ1) is 10.7. The Balaban J connectivity index is 4.53. The second-order valence-electron chi connectivity index (χ2n) is 6.60. The topological polar surface area (TPSA) is 0 Å². The van der Waals surface area contributed by atoms with Gasteiger partial charge in [0.15, 0.2) is 0 Å². The average Bonchev–Trinajstić information content (AvgIpc) is 2.52. The standard InChI is InChI=1S/C19H40S3/c1-5-6-7-8-12-19(13-9-16-20-2,14-10-17-21-3)15-11-18-22-4/h5-18H2,1-4H3. The zero-order valence-electron chi connectivity index (χ0n) is 15.6. The molecule has 0 aromatic heterocycles. The summed E-state index contributed by atoms with van der Waals surface area (Å²) < 4.78 is 0. The fourth-order valence-corrected chi connectivity index (χ4v) is 4.75. The lowest BCUT2D eigenvalue weighted by molar-refractivity contribution is 0.187. The predicted molar refractivity (Wildman–Crippen MR) is 114 cm³/mol. The van der Waals surface area contributed by atoms with Crippen molar-refractivity contribution in [3.8, 4) is 0 Å². The highest BCUT2D eigenvalue weighted by molar-refractivity contribution is 7.98. The van der Waals surface area contributed by atoms with Gasteiger partial charge >= 0.3 is 0 Å². The summed E-state index contributed by atoms with van der Waals surface area (Å²) in [6.07, 6.45) is 22.7. The molecule has 0 nitrogen and oxygen atoms in total. The van der Waals surface area contributed by atoms with Crippen molar-refractivity contribution in [2.24, 2.45) is 5.41 Å². The fraction of sp³-hybridized carbons (Fsp3) is 1.00. The molecule has 0 aliphatic carbocycles. The molecule has 22 heavy (non-hydrogen) atoms. The molecule has 0 N–H and O–H groups in total. The van der Waals surface area contributed by atoms with Crippen molar-refractivity contribution in [1.82, 2.24) is 0 Å². The van der Waals surface area contributed by atoms with Crippen molar-refractivity contribution in [1.29, 1.82) is 0 Å². The van der Waals surface area contributed by atoms with Crippen molar-refractivity contribution < 1.29 is 0 Å². The van der Waals surface area contributed by atoms with Crippen molar-refractivity contribution in [3.63, 3.8) is 0 Å². The van der Waals surface area contributed by atoms with Crippen LogP contribution in [-0.2, 0) is 0 Å². The minimum absolute atomic E-state index is 0.662. The second-order valence-corrected chi connectivity index (χ2v) is 9.56. The summed E-state index contributed by atoms with van der Waals surface area (Å²) in [6, 6.07) is 0. The molecular formula is C19H40S3. The molecule has 0 bridgehead atoms. The normalized spacial score (nSPS) is 12.0. The number of unbranched alkanes of at least 4 members (excludes halogenated alkanes) is 3. The predicted octanol–water partition coefficient (Wildman–Crippen LogP) is 7.37. The molecule has 0 aliphatic rings. The highest BCUT2D eigenvalue weighted by Crippen LogP contribution is 2.41. The molecule has 0 rings (SSSR count). The summed E-state index contributed by atoms with van der Waals surface area (Å²) >= 11 is 6.07. The first-order valence-electron chi connectivity index (χ1n) is 9.21. The second kappa shape index (κ2) is 16.9. The number of hydrogen-bond acceptors (Lipinski definition) is 3. The van der Waals surface area contributed by atoms with Gasteiger partial charge in [0.25, 0.3) is 0 Å². The summed E-state index contributed by atoms with van der Waals surface area (Å²) in [5, 5.41) is 0. The van der Waals surface area contributed by atoms with Gasteiger partial charge in [-0.25, -0.2) is 0 Å². The van der Waals surface area contributed by atoms with Crippen molar-refractivity contribution in [2.75, 3.05) is 36.0 Å². The molecule has 0 aliphatic heterocycles. The third-order valence-corrected chi connectivity index (χ3v) is 6.82. The van der Waals surface area contributed by atoms with E-state index in [-0.39, 0.29) is 0 Å². The third kappa shape index (κ3) is 12.5. The lowest BCUT2D eigenvalue weighted by Gasteiger charge is -2.35.